The maximum Gasteiger partial charge on any atom is 0.0852 e. The second kappa shape index (κ2) is 7.60. The van der Waals surface area contributed by atoms with Crippen molar-refractivity contribution in [1.29, 1.82) is 0 Å². The SMILES string of the molecule is C1=CCCC(c2ccc3c4ccc(C5=CC=CC6N=CSC56)cc4c4ccccc4c3c2)=C1. The van der Waals surface area contributed by atoms with Crippen LogP contribution in [0, 0.1) is 0 Å². The average molecular weight is 442 g/mol. The lowest BCUT2D eigenvalue weighted by atomic mass is 9.88. The van der Waals surface area contributed by atoms with Gasteiger partial charge in [-0.25, -0.2) is 0 Å². The molecule has 4 aromatic carbocycles. The second-order valence-electron chi connectivity index (χ2n) is 9.03. The van der Waals surface area contributed by atoms with E-state index in [0.29, 0.717) is 5.25 Å². The Labute approximate surface area is 197 Å². The molecule has 2 heteroatoms. The highest BCUT2D eigenvalue weighted by molar-refractivity contribution is 8.13. The molecule has 4 aromatic rings. The lowest BCUT2D eigenvalue weighted by Gasteiger charge is -2.22. The smallest absolute Gasteiger partial charge is 0.0852 e. The van der Waals surface area contributed by atoms with Crippen molar-refractivity contribution in [2.24, 2.45) is 4.99 Å². The summed E-state index contributed by atoms with van der Waals surface area (Å²) < 4.78 is 0. The van der Waals surface area contributed by atoms with E-state index >= 15 is 0 Å². The number of hydrogen-bond donors (Lipinski definition) is 0. The van der Waals surface area contributed by atoms with Crippen molar-refractivity contribution in [2.75, 3.05) is 0 Å². The first-order chi connectivity index (χ1) is 16.4. The van der Waals surface area contributed by atoms with Gasteiger partial charge in [0.2, 0.25) is 0 Å². The minimum Gasteiger partial charge on any atom is -0.277 e. The van der Waals surface area contributed by atoms with E-state index in [1.165, 1.54) is 54.6 Å². The number of allylic oxidation sites excluding steroid dienone is 6. The maximum absolute atomic E-state index is 4.63. The Balaban J connectivity index is 1.47. The average Bonchev–Trinajstić information content (AvgIpc) is 3.38. The van der Waals surface area contributed by atoms with Gasteiger partial charge in [0.05, 0.1) is 16.8 Å². The van der Waals surface area contributed by atoms with Gasteiger partial charge in [0.25, 0.3) is 0 Å². The number of fused-ring (bicyclic) bond motifs is 7. The first-order valence-electron chi connectivity index (χ1n) is 11.7. The first kappa shape index (κ1) is 19.1. The van der Waals surface area contributed by atoms with E-state index in [-0.39, 0.29) is 6.04 Å². The molecule has 0 aromatic heterocycles. The summed E-state index contributed by atoms with van der Waals surface area (Å²) in [5.41, 5.74) is 7.47. The molecular formula is C31H23NS. The van der Waals surface area contributed by atoms with Crippen molar-refractivity contribution in [3.63, 3.8) is 0 Å². The standard InChI is InChI=1S/C31H23NS/c1-2-7-20(8-3-1)21-13-15-26-27-16-14-22(23-11-6-12-30-31(23)33-19-32-30)18-29(27)25-10-5-4-9-24(25)28(26)17-21/h1-2,4-7,9-19,30-31H,3,8H2. The first-order valence-corrected chi connectivity index (χ1v) is 12.6. The summed E-state index contributed by atoms with van der Waals surface area (Å²) in [6.07, 6.45) is 15.6. The molecule has 2 aliphatic carbocycles. The van der Waals surface area contributed by atoms with Crippen LogP contribution in [-0.2, 0) is 0 Å². The zero-order valence-corrected chi connectivity index (χ0v) is 19.1. The summed E-state index contributed by atoms with van der Waals surface area (Å²) in [6, 6.07) is 23.2. The second-order valence-corrected chi connectivity index (χ2v) is 10.0. The zero-order chi connectivity index (χ0) is 21.8. The van der Waals surface area contributed by atoms with Gasteiger partial charge in [-0.3, -0.25) is 4.99 Å². The van der Waals surface area contributed by atoms with E-state index in [9.17, 15) is 0 Å². The third-order valence-corrected chi connectivity index (χ3v) is 8.27. The van der Waals surface area contributed by atoms with E-state index in [0.717, 1.165) is 12.8 Å². The zero-order valence-electron chi connectivity index (χ0n) is 18.2. The minimum absolute atomic E-state index is 0.265. The molecule has 7 rings (SSSR count). The Hall–Kier alpha value is -3.36. The van der Waals surface area contributed by atoms with Gasteiger partial charge in [-0.05, 0) is 79.6 Å². The molecule has 0 fully saturated rings. The molecule has 2 atom stereocenters. The van der Waals surface area contributed by atoms with E-state index in [1.807, 2.05) is 17.3 Å². The third-order valence-electron chi connectivity index (χ3n) is 7.20. The molecule has 3 aliphatic rings. The molecule has 1 heterocycles. The number of benzene rings is 4. The molecule has 1 nitrogen and oxygen atoms in total. The van der Waals surface area contributed by atoms with Crippen LogP contribution in [0.25, 0.3) is 43.5 Å². The van der Waals surface area contributed by atoms with Crippen LogP contribution in [-0.4, -0.2) is 16.8 Å². The summed E-state index contributed by atoms with van der Waals surface area (Å²) in [5.74, 6) is 0. The van der Waals surface area contributed by atoms with Gasteiger partial charge in [0.1, 0.15) is 0 Å². The quantitative estimate of drug-likeness (QED) is 0.285. The Kier molecular flexibility index (Phi) is 4.41. The highest BCUT2D eigenvalue weighted by Gasteiger charge is 2.29. The van der Waals surface area contributed by atoms with Crippen molar-refractivity contribution < 1.29 is 0 Å². The molecule has 0 bridgehead atoms. The molecule has 158 valence electrons. The summed E-state index contributed by atoms with van der Waals surface area (Å²) >= 11 is 1.83. The van der Waals surface area contributed by atoms with Crippen LogP contribution >= 0.6 is 11.8 Å². The highest BCUT2D eigenvalue weighted by Crippen LogP contribution is 2.41. The van der Waals surface area contributed by atoms with Gasteiger partial charge in [-0.15, -0.1) is 11.8 Å². The molecule has 0 saturated heterocycles. The Morgan fingerprint density at radius 3 is 2.21 bits per heavy atom. The number of aliphatic imine (C=N–C) groups is 1. The Morgan fingerprint density at radius 1 is 0.727 bits per heavy atom. The molecular weight excluding hydrogens is 418 g/mol. The number of rotatable bonds is 2. The molecule has 33 heavy (non-hydrogen) atoms. The van der Waals surface area contributed by atoms with Crippen LogP contribution < -0.4 is 0 Å². The fourth-order valence-electron chi connectivity index (χ4n) is 5.55. The van der Waals surface area contributed by atoms with Crippen LogP contribution in [0.2, 0.25) is 0 Å². The van der Waals surface area contributed by atoms with Gasteiger partial charge in [-0.2, -0.15) is 0 Å². The molecule has 0 spiro atoms. The highest BCUT2D eigenvalue weighted by atomic mass is 32.2. The molecule has 1 aliphatic heterocycles. The number of hydrogen-bond acceptors (Lipinski definition) is 2. The van der Waals surface area contributed by atoms with Crippen molar-refractivity contribution in [1.82, 2.24) is 0 Å². The molecule has 0 saturated carbocycles. The van der Waals surface area contributed by atoms with Crippen LogP contribution in [0.3, 0.4) is 0 Å². The summed E-state index contributed by atoms with van der Waals surface area (Å²) in [6.45, 7) is 0. The molecule has 2 unspecified atom stereocenters. The largest absolute Gasteiger partial charge is 0.277 e. The van der Waals surface area contributed by atoms with Crippen LogP contribution in [0.1, 0.15) is 24.0 Å². The van der Waals surface area contributed by atoms with Crippen molar-refractivity contribution in [2.45, 2.75) is 24.1 Å². The number of thioether (sulfide) groups is 1. The lowest BCUT2D eigenvalue weighted by molar-refractivity contribution is 0.876. The summed E-state index contributed by atoms with van der Waals surface area (Å²) in [5, 5.41) is 8.39. The van der Waals surface area contributed by atoms with Crippen LogP contribution in [0.15, 0.2) is 102 Å². The van der Waals surface area contributed by atoms with Gasteiger partial charge in [0, 0.05) is 0 Å². The monoisotopic (exact) mass is 441 g/mol. The maximum atomic E-state index is 4.63. The third kappa shape index (κ3) is 3.05. The van der Waals surface area contributed by atoms with Gasteiger partial charge in [0.15, 0.2) is 0 Å². The van der Waals surface area contributed by atoms with E-state index in [4.69, 9.17) is 0 Å². The fourth-order valence-corrected chi connectivity index (χ4v) is 6.57. The molecule has 0 N–H and O–H groups in total. The Morgan fingerprint density at radius 2 is 1.45 bits per heavy atom. The minimum atomic E-state index is 0.265. The predicted octanol–water partition coefficient (Wildman–Crippen LogP) is 8.35. The van der Waals surface area contributed by atoms with E-state index < -0.39 is 0 Å². The number of nitrogens with zero attached hydrogens (tertiary/aromatic N) is 1. The van der Waals surface area contributed by atoms with E-state index in [1.54, 1.807) is 0 Å². The fraction of sp³-hybridized carbons (Fsp3) is 0.129. The molecule has 0 radical (unpaired) electrons. The topological polar surface area (TPSA) is 12.4 Å². The lowest BCUT2D eigenvalue weighted by Crippen LogP contribution is -2.19. The summed E-state index contributed by atoms with van der Waals surface area (Å²) in [7, 11) is 0. The van der Waals surface area contributed by atoms with Crippen molar-refractivity contribution >= 4 is 60.8 Å². The van der Waals surface area contributed by atoms with Crippen molar-refractivity contribution in [3.05, 3.63) is 108 Å². The van der Waals surface area contributed by atoms with Crippen LogP contribution in [0.4, 0.5) is 0 Å². The normalized spacial score (nSPS) is 21.6. The van der Waals surface area contributed by atoms with E-state index in [2.05, 4.69) is 102 Å². The summed E-state index contributed by atoms with van der Waals surface area (Å²) in [4.78, 5) is 4.63. The van der Waals surface area contributed by atoms with Gasteiger partial charge >= 0.3 is 0 Å². The van der Waals surface area contributed by atoms with Crippen molar-refractivity contribution in [3.8, 4) is 0 Å². The molecule has 0 amide bonds. The Bertz CT molecular complexity index is 1580. The van der Waals surface area contributed by atoms with Gasteiger partial charge < -0.3 is 0 Å². The predicted molar refractivity (Wildman–Crippen MR) is 146 cm³/mol. The van der Waals surface area contributed by atoms with Gasteiger partial charge in [-0.1, -0.05) is 85.0 Å². The van der Waals surface area contributed by atoms with Crippen LogP contribution in [0.5, 0.6) is 0 Å².